The summed E-state index contributed by atoms with van der Waals surface area (Å²) in [6.07, 6.45) is 3.65. The smallest absolute Gasteiger partial charge is 0.315 e. The highest BCUT2D eigenvalue weighted by Gasteiger charge is 2.44. The molecule has 7 nitrogen and oxygen atoms in total. The Hall–Kier alpha value is -2.57. The van der Waals surface area contributed by atoms with Crippen molar-refractivity contribution in [3.63, 3.8) is 0 Å². The Balaban J connectivity index is 1.99. The quantitative estimate of drug-likeness (QED) is 0.521. The molecule has 1 aromatic carbocycles. The monoisotopic (exact) mass is 389 g/mol. The van der Waals surface area contributed by atoms with Gasteiger partial charge >= 0.3 is 12.0 Å². The molecule has 4 N–H and O–H groups in total. The molecule has 0 saturated heterocycles. The second-order valence-corrected chi connectivity index (χ2v) is 7.56. The van der Waals surface area contributed by atoms with Gasteiger partial charge < -0.3 is 21.1 Å². The van der Waals surface area contributed by atoms with E-state index in [1.165, 1.54) is 0 Å². The van der Waals surface area contributed by atoms with Crippen LogP contribution in [-0.4, -0.2) is 35.1 Å². The molecule has 0 atom stereocenters. The topological polar surface area (TPSA) is 108 Å². The number of carboxylic acid groups (broad SMARTS) is 1. The summed E-state index contributed by atoms with van der Waals surface area (Å²) >= 11 is 0. The number of rotatable bonds is 9. The zero-order chi connectivity index (χ0) is 20.6. The van der Waals surface area contributed by atoms with E-state index in [4.69, 9.17) is 0 Å². The van der Waals surface area contributed by atoms with Crippen LogP contribution in [-0.2, 0) is 16.1 Å². The molecule has 1 aromatic rings. The minimum atomic E-state index is -0.981. The Bertz CT molecular complexity index is 680. The van der Waals surface area contributed by atoms with Gasteiger partial charge in [0.15, 0.2) is 0 Å². The zero-order valence-corrected chi connectivity index (χ0v) is 16.7. The van der Waals surface area contributed by atoms with Crippen molar-refractivity contribution >= 4 is 17.9 Å². The number of amides is 3. The first-order valence-corrected chi connectivity index (χ1v) is 9.99. The third-order valence-corrected chi connectivity index (χ3v) is 5.94. The molecular weight excluding hydrogens is 358 g/mol. The number of benzene rings is 1. The predicted octanol–water partition coefficient (Wildman–Crippen LogP) is 2.81. The van der Waals surface area contributed by atoms with Crippen LogP contribution < -0.4 is 16.0 Å². The number of hydrogen-bond acceptors (Lipinski definition) is 3. The first-order chi connectivity index (χ1) is 13.4. The number of aliphatic carboxylic acids is 1. The van der Waals surface area contributed by atoms with E-state index in [2.05, 4.69) is 16.0 Å². The summed E-state index contributed by atoms with van der Waals surface area (Å²) in [5.74, 6) is -1.21. The Labute approximate surface area is 166 Å². The third-order valence-electron chi connectivity index (χ3n) is 5.94. The summed E-state index contributed by atoms with van der Waals surface area (Å²) in [5, 5.41) is 18.0. The maximum Gasteiger partial charge on any atom is 0.315 e. The van der Waals surface area contributed by atoms with Crippen LogP contribution in [0.2, 0.25) is 0 Å². The Morgan fingerprint density at radius 3 is 2.18 bits per heavy atom. The van der Waals surface area contributed by atoms with Crippen LogP contribution in [0.15, 0.2) is 30.3 Å². The van der Waals surface area contributed by atoms with Crippen molar-refractivity contribution in [1.82, 2.24) is 16.0 Å². The molecule has 154 valence electrons. The van der Waals surface area contributed by atoms with Gasteiger partial charge in [-0.25, -0.2) is 4.79 Å². The number of hydrogen-bond donors (Lipinski definition) is 4. The molecular formula is C21H31N3O4. The van der Waals surface area contributed by atoms with Gasteiger partial charge in [0, 0.05) is 13.1 Å². The number of carbonyl (C=O) groups is 3. The first-order valence-electron chi connectivity index (χ1n) is 9.99. The minimum Gasteiger partial charge on any atom is -0.481 e. The van der Waals surface area contributed by atoms with Crippen molar-refractivity contribution < 1.29 is 19.5 Å². The highest BCUT2D eigenvalue weighted by atomic mass is 16.4. The van der Waals surface area contributed by atoms with E-state index < -0.39 is 23.0 Å². The molecule has 1 aliphatic carbocycles. The number of carbonyl (C=O) groups excluding carboxylic acids is 2. The van der Waals surface area contributed by atoms with Crippen LogP contribution in [0, 0.1) is 5.41 Å². The lowest BCUT2D eigenvalue weighted by Crippen LogP contribution is -2.60. The average molecular weight is 389 g/mol. The summed E-state index contributed by atoms with van der Waals surface area (Å²) in [7, 11) is 0. The van der Waals surface area contributed by atoms with Gasteiger partial charge in [-0.3, -0.25) is 9.59 Å². The Kier molecular flexibility index (Phi) is 7.43. The van der Waals surface area contributed by atoms with Crippen molar-refractivity contribution in [1.29, 1.82) is 0 Å². The first kappa shape index (κ1) is 21.7. The molecule has 0 bridgehead atoms. The summed E-state index contributed by atoms with van der Waals surface area (Å²) in [5.41, 5.74) is -0.989. The van der Waals surface area contributed by atoms with E-state index in [1.807, 2.05) is 44.2 Å². The molecule has 0 unspecified atom stereocenters. The van der Waals surface area contributed by atoms with Crippen LogP contribution in [0.1, 0.15) is 57.9 Å². The summed E-state index contributed by atoms with van der Waals surface area (Å²) < 4.78 is 0. The molecule has 3 amide bonds. The summed E-state index contributed by atoms with van der Waals surface area (Å²) in [4.78, 5) is 37.0. The summed E-state index contributed by atoms with van der Waals surface area (Å²) in [6.45, 7) is 4.05. The largest absolute Gasteiger partial charge is 0.481 e. The SMILES string of the molecule is CCC(CC)(CNC(=O)C1(NC(=O)NCc2ccccc2)CCCC1)C(=O)O. The maximum atomic E-state index is 12.9. The normalized spacial score (nSPS) is 15.6. The molecule has 0 spiro atoms. The van der Waals surface area contributed by atoms with Crippen LogP contribution in [0.4, 0.5) is 4.79 Å². The van der Waals surface area contributed by atoms with Crippen LogP contribution in [0.3, 0.4) is 0 Å². The second kappa shape index (κ2) is 9.57. The van der Waals surface area contributed by atoms with Gasteiger partial charge in [-0.1, -0.05) is 57.0 Å². The Morgan fingerprint density at radius 1 is 1.04 bits per heavy atom. The van der Waals surface area contributed by atoms with Gasteiger partial charge in [-0.2, -0.15) is 0 Å². The number of urea groups is 1. The van der Waals surface area contributed by atoms with E-state index in [1.54, 1.807) is 0 Å². The molecule has 1 aliphatic rings. The zero-order valence-electron chi connectivity index (χ0n) is 16.7. The van der Waals surface area contributed by atoms with E-state index >= 15 is 0 Å². The van der Waals surface area contributed by atoms with Gasteiger partial charge in [0.25, 0.3) is 0 Å². The highest BCUT2D eigenvalue weighted by Crippen LogP contribution is 2.31. The van der Waals surface area contributed by atoms with Gasteiger partial charge in [-0.15, -0.1) is 0 Å². The lowest BCUT2D eigenvalue weighted by molar-refractivity contribution is -0.149. The van der Waals surface area contributed by atoms with Gasteiger partial charge in [-0.05, 0) is 31.2 Å². The molecule has 0 aromatic heterocycles. The minimum absolute atomic E-state index is 0.0588. The molecule has 1 fully saturated rings. The molecule has 0 heterocycles. The molecule has 2 rings (SSSR count). The number of carboxylic acids is 1. The lowest BCUT2D eigenvalue weighted by atomic mass is 9.82. The van der Waals surface area contributed by atoms with Crippen molar-refractivity contribution in [2.75, 3.05) is 6.54 Å². The molecule has 1 saturated carbocycles. The van der Waals surface area contributed by atoms with E-state index in [-0.39, 0.29) is 12.5 Å². The van der Waals surface area contributed by atoms with Gasteiger partial charge in [0.1, 0.15) is 5.54 Å². The molecule has 7 heteroatoms. The molecule has 28 heavy (non-hydrogen) atoms. The fourth-order valence-electron chi connectivity index (χ4n) is 3.72. The van der Waals surface area contributed by atoms with Crippen molar-refractivity contribution in [2.45, 2.75) is 64.5 Å². The van der Waals surface area contributed by atoms with E-state index in [0.717, 1.165) is 18.4 Å². The van der Waals surface area contributed by atoms with Crippen molar-refractivity contribution in [3.8, 4) is 0 Å². The van der Waals surface area contributed by atoms with E-state index in [9.17, 15) is 19.5 Å². The number of nitrogens with one attached hydrogen (secondary N) is 3. The van der Waals surface area contributed by atoms with Gasteiger partial charge in [0.2, 0.25) is 5.91 Å². The lowest BCUT2D eigenvalue weighted by Gasteiger charge is -2.32. The predicted molar refractivity (Wildman–Crippen MR) is 107 cm³/mol. The average Bonchev–Trinajstić information content (AvgIpc) is 3.17. The summed E-state index contributed by atoms with van der Waals surface area (Å²) in [6, 6.07) is 9.15. The van der Waals surface area contributed by atoms with Gasteiger partial charge in [0.05, 0.1) is 5.41 Å². The van der Waals surface area contributed by atoms with Crippen LogP contribution in [0.5, 0.6) is 0 Å². The van der Waals surface area contributed by atoms with Crippen molar-refractivity contribution in [2.24, 2.45) is 5.41 Å². The molecule has 0 aliphatic heterocycles. The fraction of sp³-hybridized carbons (Fsp3) is 0.571. The van der Waals surface area contributed by atoms with Crippen LogP contribution >= 0.6 is 0 Å². The highest BCUT2D eigenvalue weighted by molar-refractivity contribution is 5.91. The third kappa shape index (κ3) is 5.03. The molecule has 0 radical (unpaired) electrons. The fourth-order valence-corrected chi connectivity index (χ4v) is 3.72. The standard InChI is InChI=1S/C21H31N3O4/c1-3-20(4-2,18(26)27)15-23-17(25)21(12-8-9-13-21)24-19(28)22-14-16-10-6-5-7-11-16/h5-7,10-11H,3-4,8-9,12-15H2,1-2H3,(H,23,25)(H,26,27)(H2,22,24,28). The second-order valence-electron chi connectivity index (χ2n) is 7.56. The Morgan fingerprint density at radius 2 is 1.64 bits per heavy atom. The van der Waals surface area contributed by atoms with Crippen LogP contribution in [0.25, 0.3) is 0 Å². The maximum absolute atomic E-state index is 12.9. The van der Waals surface area contributed by atoms with E-state index in [0.29, 0.717) is 32.2 Å². The van der Waals surface area contributed by atoms with Crippen molar-refractivity contribution in [3.05, 3.63) is 35.9 Å².